The summed E-state index contributed by atoms with van der Waals surface area (Å²) in [5.41, 5.74) is 6.66. The maximum absolute atomic E-state index is 14.1. The van der Waals surface area contributed by atoms with Crippen molar-refractivity contribution < 1.29 is 4.39 Å². The topological polar surface area (TPSA) is 32.5 Å². The lowest BCUT2D eigenvalue weighted by Crippen LogP contribution is -2.42. The van der Waals surface area contributed by atoms with Gasteiger partial charge in [-0.3, -0.25) is 4.90 Å². The highest BCUT2D eigenvalue weighted by atomic mass is 79.9. The van der Waals surface area contributed by atoms with Crippen molar-refractivity contribution in [2.45, 2.75) is 24.9 Å². The van der Waals surface area contributed by atoms with E-state index >= 15 is 0 Å². The average molecular weight is 344 g/mol. The minimum atomic E-state index is -0.167. The Morgan fingerprint density at radius 3 is 2.90 bits per heavy atom. The first-order valence-electron chi connectivity index (χ1n) is 7.08. The van der Waals surface area contributed by atoms with E-state index in [-0.39, 0.29) is 11.9 Å². The van der Waals surface area contributed by atoms with Crippen LogP contribution in [-0.2, 0) is 0 Å². The third-order valence-electron chi connectivity index (χ3n) is 3.94. The Balaban J connectivity index is 2.24. The Kier molecular flexibility index (Phi) is 5.55. The van der Waals surface area contributed by atoms with Gasteiger partial charge in [0.2, 0.25) is 0 Å². The number of rotatable bonds is 5. The van der Waals surface area contributed by atoms with E-state index in [1.54, 1.807) is 6.07 Å². The molecule has 1 aromatic rings. The van der Waals surface area contributed by atoms with Crippen molar-refractivity contribution in [1.82, 2.24) is 9.80 Å². The van der Waals surface area contributed by atoms with Gasteiger partial charge in [-0.25, -0.2) is 4.39 Å². The number of hydrogen-bond acceptors (Lipinski definition) is 3. The molecule has 0 saturated carbocycles. The van der Waals surface area contributed by atoms with Gasteiger partial charge in [0.15, 0.2) is 0 Å². The van der Waals surface area contributed by atoms with Crippen LogP contribution in [0.3, 0.4) is 0 Å². The van der Waals surface area contributed by atoms with Crippen LogP contribution in [-0.4, -0.2) is 49.6 Å². The lowest BCUT2D eigenvalue weighted by atomic mass is 10.0. The Labute approximate surface area is 129 Å². The molecule has 2 unspecified atom stereocenters. The van der Waals surface area contributed by atoms with Crippen LogP contribution in [0, 0.1) is 5.82 Å². The zero-order chi connectivity index (χ0) is 14.7. The second-order valence-electron chi connectivity index (χ2n) is 5.71. The molecular weight excluding hydrogens is 321 g/mol. The minimum absolute atomic E-state index is 0.0417. The van der Waals surface area contributed by atoms with Crippen LogP contribution in [0.4, 0.5) is 4.39 Å². The number of hydrogen-bond donors (Lipinski definition) is 1. The lowest BCUT2D eigenvalue weighted by Gasteiger charge is -2.34. The maximum atomic E-state index is 14.1. The molecule has 1 aliphatic heterocycles. The number of benzene rings is 1. The molecule has 0 spiro atoms. The van der Waals surface area contributed by atoms with E-state index in [0.717, 1.165) is 30.4 Å². The number of nitrogens with two attached hydrogens (primary N) is 1. The maximum Gasteiger partial charge on any atom is 0.128 e. The molecule has 1 fully saturated rings. The van der Waals surface area contributed by atoms with Crippen molar-refractivity contribution in [3.05, 3.63) is 34.1 Å². The zero-order valence-electron chi connectivity index (χ0n) is 12.1. The molecule has 20 heavy (non-hydrogen) atoms. The number of likely N-dealkylation sites (N-methyl/N-ethyl adjacent to an activating group) is 1. The summed E-state index contributed by atoms with van der Waals surface area (Å²) < 4.78 is 15.0. The summed E-state index contributed by atoms with van der Waals surface area (Å²) >= 11 is 3.42. The van der Waals surface area contributed by atoms with Crippen LogP contribution < -0.4 is 5.73 Å². The van der Waals surface area contributed by atoms with Gasteiger partial charge in [0.1, 0.15) is 5.82 Å². The van der Waals surface area contributed by atoms with Crippen LogP contribution in [0.2, 0.25) is 0 Å². The molecule has 1 saturated heterocycles. The van der Waals surface area contributed by atoms with Gasteiger partial charge < -0.3 is 10.6 Å². The predicted molar refractivity (Wildman–Crippen MR) is 84.2 cm³/mol. The van der Waals surface area contributed by atoms with E-state index in [9.17, 15) is 4.39 Å². The molecule has 0 aromatic heterocycles. The highest BCUT2D eigenvalue weighted by Gasteiger charge is 2.32. The Morgan fingerprint density at radius 1 is 1.50 bits per heavy atom. The first-order valence-corrected chi connectivity index (χ1v) is 7.87. The van der Waals surface area contributed by atoms with Crippen molar-refractivity contribution in [3.63, 3.8) is 0 Å². The Bertz CT molecular complexity index is 453. The predicted octanol–water partition coefficient (Wildman–Crippen LogP) is 2.61. The van der Waals surface area contributed by atoms with Crippen LogP contribution in [0.15, 0.2) is 22.7 Å². The summed E-state index contributed by atoms with van der Waals surface area (Å²) in [5.74, 6) is -0.167. The molecule has 3 nitrogen and oxygen atoms in total. The lowest BCUT2D eigenvalue weighted by molar-refractivity contribution is 0.153. The fraction of sp³-hybridized carbons (Fsp3) is 0.600. The van der Waals surface area contributed by atoms with E-state index in [1.165, 1.54) is 6.07 Å². The molecular formula is C15H23BrFN3. The third kappa shape index (κ3) is 3.58. The number of likely N-dealkylation sites (tertiary alicyclic amines) is 1. The smallest absolute Gasteiger partial charge is 0.128 e. The van der Waals surface area contributed by atoms with Gasteiger partial charge in [0.25, 0.3) is 0 Å². The standard InChI is InChI=1S/C15H23BrFN3/c1-19(2)10-12-4-3-7-20(12)15(9-18)13-8-11(16)5-6-14(13)17/h5-6,8,12,15H,3-4,7,9-10,18H2,1-2H3. The van der Waals surface area contributed by atoms with Gasteiger partial charge >= 0.3 is 0 Å². The summed E-state index contributed by atoms with van der Waals surface area (Å²) in [4.78, 5) is 4.55. The van der Waals surface area contributed by atoms with Crippen LogP contribution in [0.5, 0.6) is 0 Å². The molecule has 2 N–H and O–H groups in total. The summed E-state index contributed by atoms with van der Waals surface area (Å²) in [6.45, 7) is 2.43. The van der Waals surface area contributed by atoms with E-state index in [2.05, 4.69) is 39.8 Å². The van der Waals surface area contributed by atoms with Crippen molar-refractivity contribution in [3.8, 4) is 0 Å². The van der Waals surface area contributed by atoms with E-state index in [4.69, 9.17) is 5.73 Å². The van der Waals surface area contributed by atoms with Gasteiger partial charge in [-0.15, -0.1) is 0 Å². The molecule has 1 heterocycles. The molecule has 2 rings (SSSR count). The van der Waals surface area contributed by atoms with Gasteiger partial charge in [-0.2, -0.15) is 0 Å². The van der Waals surface area contributed by atoms with Gasteiger partial charge in [-0.1, -0.05) is 15.9 Å². The Hall–Kier alpha value is -0.490. The molecule has 0 bridgehead atoms. The van der Waals surface area contributed by atoms with E-state index in [1.807, 2.05) is 6.07 Å². The van der Waals surface area contributed by atoms with Crippen molar-refractivity contribution in [2.75, 3.05) is 33.7 Å². The van der Waals surface area contributed by atoms with E-state index < -0.39 is 0 Å². The minimum Gasteiger partial charge on any atom is -0.329 e. The first kappa shape index (κ1) is 15.9. The fourth-order valence-electron chi connectivity index (χ4n) is 3.10. The zero-order valence-corrected chi connectivity index (χ0v) is 13.7. The van der Waals surface area contributed by atoms with Gasteiger partial charge in [0, 0.05) is 29.2 Å². The highest BCUT2D eigenvalue weighted by Crippen LogP contribution is 2.31. The van der Waals surface area contributed by atoms with Crippen molar-refractivity contribution in [1.29, 1.82) is 0 Å². The van der Waals surface area contributed by atoms with Crippen molar-refractivity contribution in [2.24, 2.45) is 5.73 Å². The monoisotopic (exact) mass is 343 g/mol. The molecule has 0 amide bonds. The molecule has 0 radical (unpaired) electrons. The van der Waals surface area contributed by atoms with Crippen LogP contribution in [0.1, 0.15) is 24.4 Å². The first-order chi connectivity index (χ1) is 9.52. The normalized spacial score (nSPS) is 21.6. The molecule has 112 valence electrons. The largest absolute Gasteiger partial charge is 0.329 e. The van der Waals surface area contributed by atoms with Gasteiger partial charge in [0.05, 0.1) is 6.04 Å². The molecule has 0 aliphatic carbocycles. The molecule has 2 atom stereocenters. The summed E-state index contributed by atoms with van der Waals surface area (Å²) in [5, 5.41) is 0. The Morgan fingerprint density at radius 2 is 2.25 bits per heavy atom. The van der Waals surface area contributed by atoms with Crippen molar-refractivity contribution >= 4 is 15.9 Å². The number of nitrogens with zero attached hydrogens (tertiary/aromatic N) is 2. The average Bonchev–Trinajstić information content (AvgIpc) is 2.82. The molecule has 1 aliphatic rings. The second-order valence-corrected chi connectivity index (χ2v) is 6.63. The quantitative estimate of drug-likeness (QED) is 0.891. The summed E-state index contributed by atoms with van der Waals surface area (Å²) in [7, 11) is 4.15. The molecule has 1 aromatic carbocycles. The summed E-state index contributed by atoms with van der Waals surface area (Å²) in [6, 6.07) is 5.52. The van der Waals surface area contributed by atoms with Gasteiger partial charge in [-0.05, 0) is 51.7 Å². The second kappa shape index (κ2) is 6.98. The third-order valence-corrected chi connectivity index (χ3v) is 4.43. The van der Waals surface area contributed by atoms with Crippen LogP contribution >= 0.6 is 15.9 Å². The highest BCUT2D eigenvalue weighted by molar-refractivity contribution is 9.10. The summed E-state index contributed by atoms with van der Waals surface area (Å²) in [6.07, 6.45) is 2.31. The van der Waals surface area contributed by atoms with Crippen LogP contribution in [0.25, 0.3) is 0 Å². The van der Waals surface area contributed by atoms with E-state index in [0.29, 0.717) is 18.2 Å². The SMILES string of the molecule is CN(C)CC1CCCN1C(CN)c1cc(Br)ccc1F. The fourth-order valence-corrected chi connectivity index (χ4v) is 3.48. The molecule has 5 heteroatoms. The number of halogens is 2.